The van der Waals surface area contributed by atoms with Crippen LogP contribution in [-0.2, 0) is 9.59 Å². The lowest BCUT2D eigenvalue weighted by molar-refractivity contribution is -0.118. The van der Waals surface area contributed by atoms with Crippen LogP contribution in [-0.4, -0.2) is 32.0 Å². The summed E-state index contributed by atoms with van der Waals surface area (Å²) >= 11 is 0. The normalized spacial score (nSPS) is 10.2. The highest BCUT2D eigenvalue weighted by molar-refractivity contribution is 5.94. The van der Waals surface area contributed by atoms with Crippen molar-refractivity contribution in [3.63, 3.8) is 0 Å². The zero-order chi connectivity index (χ0) is 18.2. The lowest BCUT2D eigenvalue weighted by Gasteiger charge is -2.24. The molecule has 0 fully saturated rings. The number of carbonyl (C=O) groups is 2. The molecule has 6 heteroatoms. The lowest BCUT2D eigenvalue weighted by Crippen LogP contribution is -2.35. The molecule has 0 bridgehead atoms. The van der Waals surface area contributed by atoms with Crippen LogP contribution >= 0.6 is 0 Å². The number of nitrogens with zero attached hydrogens (tertiary/aromatic N) is 1. The zero-order valence-electron chi connectivity index (χ0n) is 14.5. The van der Waals surface area contributed by atoms with Crippen molar-refractivity contribution < 1.29 is 14.3 Å². The number of carbonyl (C=O) groups excluding carboxylic acids is 2. The van der Waals surface area contributed by atoms with E-state index in [1.54, 1.807) is 7.11 Å². The molecule has 6 nitrogen and oxygen atoms in total. The molecular weight excluding hydrogens is 318 g/mol. The molecule has 0 saturated carbocycles. The van der Waals surface area contributed by atoms with Gasteiger partial charge in [-0.15, -0.1) is 0 Å². The number of nitrogens with two attached hydrogens (primary N) is 1. The maximum Gasteiger partial charge on any atom is 0.243 e. The van der Waals surface area contributed by atoms with Crippen molar-refractivity contribution >= 4 is 23.2 Å². The first-order valence-corrected chi connectivity index (χ1v) is 8.02. The minimum absolute atomic E-state index is 0.119. The molecule has 2 rings (SSSR count). The Kier molecular flexibility index (Phi) is 6.39. The van der Waals surface area contributed by atoms with Crippen LogP contribution in [0.5, 0.6) is 5.75 Å². The van der Waals surface area contributed by atoms with Gasteiger partial charge in [0.15, 0.2) is 0 Å². The summed E-state index contributed by atoms with van der Waals surface area (Å²) in [5.74, 6) is 0.157. The van der Waals surface area contributed by atoms with Gasteiger partial charge >= 0.3 is 0 Å². The minimum atomic E-state index is -0.405. The summed E-state index contributed by atoms with van der Waals surface area (Å²) in [5, 5.41) is 2.86. The predicted molar refractivity (Wildman–Crippen MR) is 98.8 cm³/mol. The van der Waals surface area contributed by atoms with Crippen molar-refractivity contribution in [3.05, 3.63) is 54.1 Å². The smallest absolute Gasteiger partial charge is 0.243 e. The van der Waals surface area contributed by atoms with Gasteiger partial charge in [0, 0.05) is 24.3 Å². The number of ether oxygens (including phenoxy) is 1. The molecule has 0 atom stereocenters. The number of primary amides is 1. The van der Waals surface area contributed by atoms with Crippen molar-refractivity contribution in [3.8, 4) is 5.75 Å². The largest absolute Gasteiger partial charge is 0.497 e. The standard InChI is InChI=1S/C19H23N3O3/c1-14-3-5-15(6-4-14)21-19(24)13-22(12-11-18(20)23)16-7-9-17(25-2)10-8-16/h3-10H,11-13H2,1-2H3,(H2,20,23)(H,21,24). The Balaban J connectivity index is 2.06. The molecule has 2 aromatic carbocycles. The number of benzene rings is 2. The Bertz CT molecular complexity index is 712. The molecule has 0 aliphatic heterocycles. The first-order chi connectivity index (χ1) is 12.0. The van der Waals surface area contributed by atoms with Gasteiger partial charge in [0.05, 0.1) is 13.7 Å². The second-order valence-electron chi connectivity index (χ2n) is 5.75. The highest BCUT2D eigenvalue weighted by Gasteiger charge is 2.13. The summed E-state index contributed by atoms with van der Waals surface area (Å²) < 4.78 is 5.14. The molecule has 0 aliphatic rings. The molecule has 0 aromatic heterocycles. The third-order valence-electron chi connectivity index (χ3n) is 3.74. The first kappa shape index (κ1) is 18.3. The molecule has 25 heavy (non-hydrogen) atoms. The third-order valence-corrected chi connectivity index (χ3v) is 3.74. The third kappa shape index (κ3) is 5.84. The highest BCUT2D eigenvalue weighted by atomic mass is 16.5. The average molecular weight is 341 g/mol. The molecule has 0 radical (unpaired) electrons. The molecular formula is C19H23N3O3. The van der Waals surface area contributed by atoms with E-state index < -0.39 is 5.91 Å². The number of hydrogen-bond acceptors (Lipinski definition) is 4. The van der Waals surface area contributed by atoms with E-state index in [0.717, 1.165) is 22.7 Å². The van der Waals surface area contributed by atoms with Crippen LogP contribution in [0.1, 0.15) is 12.0 Å². The summed E-state index contributed by atoms with van der Waals surface area (Å²) in [5.41, 5.74) is 7.93. The van der Waals surface area contributed by atoms with Gasteiger partial charge in [-0.3, -0.25) is 9.59 Å². The van der Waals surface area contributed by atoms with Crippen LogP contribution in [0.4, 0.5) is 11.4 Å². The maximum atomic E-state index is 12.4. The molecule has 0 aliphatic carbocycles. The van der Waals surface area contributed by atoms with E-state index in [2.05, 4.69) is 5.32 Å². The monoisotopic (exact) mass is 341 g/mol. The lowest BCUT2D eigenvalue weighted by atomic mass is 10.2. The topological polar surface area (TPSA) is 84.7 Å². The number of amides is 2. The number of anilines is 2. The fourth-order valence-electron chi connectivity index (χ4n) is 2.35. The Morgan fingerprint density at radius 1 is 1.08 bits per heavy atom. The Morgan fingerprint density at radius 3 is 2.28 bits per heavy atom. The van der Waals surface area contributed by atoms with E-state index in [0.29, 0.717) is 6.54 Å². The van der Waals surface area contributed by atoms with Gasteiger partial charge in [-0.25, -0.2) is 0 Å². The van der Waals surface area contributed by atoms with Crippen LogP contribution in [0.25, 0.3) is 0 Å². The van der Waals surface area contributed by atoms with Crippen LogP contribution in [0, 0.1) is 6.92 Å². The van der Waals surface area contributed by atoms with Crippen LogP contribution in [0.15, 0.2) is 48.5 Å². The fourth-order valence-corrected chi connectivity index (χ4v) is 2.35. The summed E-state index contributed by atoms with van der Waals surface area (Å²) in [6, 6.07) is 14.9. The Labute approximate surface area is 147 Å². The van der Waals surface area contributed by atoms with Crippen molar-refractivity contribution in [2.24, 2.45) is 5.73 Å². The molecule has 132 valence electrons. The number of rotatable bonds is 8. The van der Waals surface area contributed by atoms with Gasteiger partial charge in [0.25, 0.3) is 0 Å². The van der Waals surface area contributed by atoms with Crippen molar-refractivity contribution in [1.29, 1.82) is 0 Å². The SMILES string of the molecule is COc1ccc(N(CCC(N)=O)CC(=O)Nc2ccc(C)cc2)cc1. The molecule has 2 aromatic rings. The number of aryl methyl sites for hydroxylation is 1. The van der Waals surface area contributed by atoms with Crippen molar-refractivity contribution in [2.45, 2.75) is 13.3 Å². The first-order valence-electron chi connectivity index (χ1n) is 8.02. The zero-order valence-corrected chi connectivity index (χ0v) is 14.5. The molecule has 0 spiro atoms. The van der Waals surface area contributed by atoms with Gasteiger partial charge in [0.2, 0.25) is 11.8 Å². The molecule has 2 amide bonds. The van der Waals surface area contributed by atoms with E-state index in [4.69, 9.17) is 10.5 Å². The maximum absolute atomic E-state index is 12.4. The highest BCUT2D eigenvalue weighted by Crippen LogP contribution is 2.19. The number of methoxy groups -OCH3 is 1. The molecule has 0 saturated heterocycles. The van der Waals surface area contributed by atoms with Crippen molar-refractivity contribution in [2.75, 3.05) is 30.4 Å². The minimum Gasteiger partial charge on any atom is -0.497 e. The van der Waals surface area contributed by atoms with Crippen LogP contribution in [0.3, 0.4) is 0 Å². The number of nitrogens with one attached hydrogen (secondary N) is 1. The van der Waals surface area contributed by atoms with E-state index in [1.807, 2.05) is 60.4 Å². The second kappa shape index (κ2) is 8.73. The summed E-state index contributed by atoms with van der Waals surface area (Å²) in [7, 11) is 1.59. The van der Waals surface area contributed by atoms with Gasteiger partial charge in [-0.2, -0.15) is 0 Å². The molecule has 0 heterocycles. The van der Waals surface area contributed by atoms with E-state index >= 15 is 0 Å². The Hall–Kier alpha value is -3.02. The van der Waals surface area contributed by atoms with Crippen LogP contribution < -0.4 is 20.7 Å². The summed E-state index contributed by atoms with van der Waals surface area (Å²) in [6.07, 6.45) is 0.170. The predicted octanol–water partition coefficient (Wildman–Crippen LogP) is 2.32. The second-order valence-corrected chi connectivity index (χ2v) is 5.75. The van der Waals surface area contributed by atoms with Gasteiger partial charge in [-0.05, 0) is 43.3 Å². The van der Waals surface area contributed by atoms with E-state index in [1.165, 1.54) is 0 Å². The number of hydrogen-bond donors (Lipinski definition) is 2. The Morgan fingerprint density at radius 2 is 1.72 bits per heavy atom. The van der Waals surface area contributed by atoms with Gasteiger partial charge < -0.3 is 20.7 Å². The summed E-state index contributed by atoms with van der Waals surface area (Å²) in [4.78, 5) is 25.3. The quantitative estimate of drug-likeness (QED) is 0.772. The van der Waals surface area contributed by atoms with E-state index in [9.17, 15) is 9.59 Å². The average Bonchev–Trinajstić information content (AvgIpc) is 2.60. The molecule has 3 N–H and O–H groups in total. The fraction of sp³-hybridized carbons (Fsp3) is 0.263. The van der Waals surface area contributed by atoms with Gasteiger partial charge in [0.1, 0.15) is 5.75 Å². The van der Waals surface area contributed by atoms with Crippen molar-refractivity contribution in [1.82, 2.24) is 0 Å². The van der Waals surface area contributed by atoms with Crippen LogP contribution in [0.2, 0.25) is 0 Å². The van der Waals surface area contributed by atoms with E-state index in [-0.39, 0.29) is 18.9 Å². The van der Waals surface area contributed by atoms with Gasteiger partial charge in [-0.1, -0.05) is 17.7 Å². The molecule has 0 unspecified atom stereocenters. The summed E-state index contributed by atoms with van der Waals surface area (Å²) in [6.45, 7) is 2.47.